The maximum Gasteiger partial charge on any atom is 0.0462 e. The molecule has 2 heteroatoms. The van der Waals surface area contributed by atoms with E-state index in [2.05, 4.69) is 19.2 Å². The van der Waals surface area contributed by atoms with Crippen LogP contribution in [0.25, 0.3) is 0 Å². The molecular weight excluding hydrogens is 174 g/mol. The summed E-state index contributed by atoms with van der Waals surface area (Å²) >= 11 is 0. The Labute approximate surface area is 88.4 Å². The topological polar surface area (TPSA) is 21.3 Å². The molecule has 0 aromatic carbocycles. The van der Waals surface area contributed by atoms with E-state index in [0.29, 0.717) is 0 Å². The van der Waals surface area contributed by atoms with Crippen LogP contribution < -0.4 is 5.32 Å². The van der Waals surface area contributed by atoms with Crippen molar-refractivity contribution in [1.29, 1.82) is 0 Å². The van der Waals surface area contributed by atoms with Crippen LogP contribution in [0.15, 0.2) is 0 Å². The van der Waals surface area contributed by atoms with Crippen LogP contribution in [0.2, 0.25) is 0 Å². The molecule has 1 rings (SSSR count). The Kier molecular flexibility index (Phi) is 5.49. The van der Waals surface area contributed by atoms with Crippen LogP contribution in [-0.4, -0.2) is 26.3 Å². The lowest BCUT2D eigenvalue weighted by atomic mass is 9.91. The van der Waals surface area contributed by atoms with E-state index in [1.54, 1.807) is 7.11 Å². The first-order valence-electron chi connectivity index (χ1n) is 5.96. The Balaban J connectivity index is 1.98. The van der Waals surface area contributed by atoms with Gasteiger partial charge in [-0.25, -0.2) is 0 Å². The SMILES string of the molecule is COCCCC(C)C(C)CNC1CC1. The lowest BCUT2D eigenvalue weighted by Gasteiger charge is -2.20. The van der Waals surface area contributed by atoms with Gasteiger partial charge in [-0.15, -0.1) is 0 Å². The van der Waals surface area contributed by atoms with Crippen LogP contribution in [0.3, 0.4) is 0 Å². The summed E-state index contributed by atoms with van der Waals surface area (Å²) in [6, 6.07) is 0.851. The van der Waals surface area contributed by atoms with E-state index in [0.717, 1.165) is 24.5 Å². The van der Waals surface area contributed by atoms with Crippen molar-refractivity contribution in [2.24, 2.45) is 11.8 Å². The fourth-order valence-corrected chi connectivity index (χ4v) is 1.68. The van der Waals surface area contributed by atoms with Gasteiger partial charge >= 0.3 is 0 Å². The van der Waals surface area contributed by atoms with Gasteiger partial charge in [0.1, 0.15) is 0 Å². The van der Waals surface area contributed by atoms with Gasteiger partial charge in [0.05, 0.1) is 0 Å². The standard InChI is InChI=1S/C12H25NO/c1-10(5-4-8-14-3)11(2)9-13-12-6-7-12/h10-13H,4-9H2,1-3H3. The summed E-state index contributed by atoms with van der Waals surface area (Å²) in [5.74, 6) is 1.61. The fraction of sp³-hybridized carbons (Fsp3) is 1.00. The van der Waals surface area contributed by atoms with E-state index >= 15 is 0 Å². The quantitative estimate of drug-likeness (QED) is 0.606. The number of hydrogen-bond acceptors (Lipinski definition) is 2. The van der Waals surface area contributed by atoms with Gasteiger partial charge in [0, 0.05) is 19.8 Å². The largest absolute Gasteiger partial charge is 0.385 e. The third kappa shape index (κ3) is 4.97. The third-order valence-corrected chi connectivity index (χ3v) is 3.29. The second kappa shape index (κ2) is 6.41. The Morgan fingerprint density at radius 1 is 1.29 bits per heavy atom. The van der Waals surface area contributed by atoms with Gasteiger partial charge in [0.2, 0.25) is 0 Å². The van der Waals surface area contributed by atoms with Crippen LogP contribution in [0, 0.1) is 11.8 Å². The Morgan fingerprint density at radius 3 is 2.57 bits per heavy atom. The summed E-state index contributed by atoms with van der Waals surface area (Å²) in [5.41, 5.74) is 0. The molecule has 84 valence electrons. The summed E-state index contributed by atoms with van der Waals surface area (Å²) in [6.45, 7) is 6.81. The first-order valence-corrected chi connectivity index (χ1v) is 5.96. The molecule has 14 heavy (non-hydrogen) atoms. The van der Waals surface area contributed by atoms with Crippen molar-refractivity contribution < 1.29 is 4.74 Å². The van der Waals surface area contributed by atoms with E-state index in [9.17, 15) is 0 Å². The maximum atomic E-state index is 5.06. The van der Waals surface area contributed by atoms with E-state index < -0.39 is 0 Å². The van der Waals surface area contributed by atoms with Crippen molar-refractivity contribution in [2.45, 2.75) is 45.6 Å². The lowest BCUT2D eigenvalue weighted by Crippen LogP contribution is -2.26. The number of nitrogens with one attached hydrogen (secondary N) is 1. The van der Waals surface area contributed by atoms with Crippen LogP contribution >= 0.6 is 0 Å². The molecule has 2 unspecified atom stereocenters. The molecule has 1 fully saturated rings. The average Bonchev–Trinajstić information content (AvgIpc) is 2.98. The zero-order valence-corrected chi connectivity index (χ0v) is 9.88. The van der Waals surface area contributed by atoms with E-state index in [1.165, 1.54) is 32.2 Å². The summed E-state index contributed by atoms with van der Waals surface area (Å²) in [5, 5.41) is 3.60. The van der Waals surface area contributed by atoms with Gasteiger partial charge in [-0.1, -0.05) is 13.8 Å². The minimum atomic E-state index is 0.799. The first-order chi connectivity index (χ1) is 6.74. The second-order valence-corrected chi connectivity index (χ2v) is 4.77. The normalized spacial score (nSPS) is 20.8. The minimum Gasteiger partial charge on any atom is -0.385 e. The van der Waals surface area contributed by atoms with Gasteiger partial charge in [-0.2, -0.15) is 0 Å². The second-order valence-electron chi connectivity index (χ2n) is 4.77. The van der Waals surface area contributed by atoms with E-state index in [4.69, 9.17) is 4.74 Å². The van der Waals surface area contributed by atoms with Crippen LogP contribution in [0.4, 0.5) is 0 Å². The van der Waals surface area contributed by atoms with Crippen molar-refractivity contribution in [2.75, 3.05) is 20.3 Å². The van der Waals surface area contributed by atoms with Crippen LogP contribution in [0.5, 0.6) is 0 Å². The predicted molar refractivity (Wildman–Crippen MR) is 60.5 cm³/mol. The van der Waals surface area contributed by atoms with Crippen molar-refractivity contribution in [1.82, 2.24) is 5.32 Å². The maximum absolute atomic E-state index is 5.06. The van der Waals surface area contributed by atoms with Crippen molar-refractivity contribution in [3.63, 3.8) is 0 Å². The molecule has 1 saturated carbocycles. The molecule has 1 aliphatic carbocycles. The average molecular weight is 199 g/mol. The highest BCUT2D eigenvalue weighted by Crippen LogP contribution is 2.21. The molecule has 0 amide bonds. The van der Waals surface area contributed by atoms with Crippen molar-refractivity contribution in [3.8, 4) is 0 Å². The molecule has 2 atom stereocenters. The third-order valence-electron chi connectivity index (χ3n) is 3.29. The lowest BCUT2D eigenvalue weighted by molar-refractivity contribution is 0.182. The molecular formula is C12H25NO. The molecule has 0 aromatic heterocycles. The molecule has 2 nitrogen and oxygen atoms in total. The van der Waals surface area contributed by atoms with Gasteiger partial charge in [0.15, 0.2) is 0 Å². The molecule has 0 aliphatic heterocycles. The van der Waals surface area contributed by atoms with E-state index in [-0.39, 0.29) is 0 Å². The zero-order valence-electron chi connectivity index (χ0n) is 9.88. The predicted octanol–water partition coefficient (Wildman–Crippen LogP) is 2.44. The highest BCUT2D eigenvalue weighted by molar-refractivity contribution is 4.81. The van der Waals surface area contributed by atoms with Crippen molar-refractivity contribution >= 4 is 0 Å². The zero-order chi connectivity index (χ0) is 10.4. The fourth-order valence-electron chi connectivity index (χ4n) is 1.68. The number of hydrogen-bond donors (Lipinski definition) is 1. The van der Waals surface area contributed by atoms with Gasteiger partial charge in [-0.05, 0) is 44.1 Å². The molecule has 0 saturated heterocycles. The van der Waals surface area contributed by atoms with E-state index in [1.807, 2.05) is 0 Å². The summed E-state index contributed by atoms with van der Waals surface area (Å²) in [4.78, 5) is 0. The van der Waals surface area contributed by atoms with Crippen LogP contribution in [-0.2, 0) is 4.74 Å². The number of methoxy groups -OCH3 is 1. The van der Waals surface area contributed by atoms with Gasteiger partial charge in [-0.3, -0.25) is 0 Å². The van der Waals surface area contributed by atoms with Crippen LogP contribution in [0.1, 0.15) is 39.5 Å². The highest BCUT2D eigenvalue weighted by atomic mass is 16.5. The Hall–Kier alpha value is -0.0800. The molecule has 0 heterocycles. The number of ether oxygens (including phenoxy) is 1. The molecule has 1 aliphatic rings. The summed E-state index contributed by atoms with van der Waals surface area (Å²) in [6.07, 6.45) is 5.28. The molecule has 0 aromatic rings. The van der Waals surface area contributed by atoms with Gasteiger partial charge < -0.3 is 10.1 Å². The minimum absolute atomic E-state index is 0.799. The Morgan fingerprint density at radius 2 is 2.00 bits per heavy atom. The molecule has 1 N–H and O–H groups in total. The monoisotopic (exact) mass is 199 g/mol. The summed E-state index contributed by atoms with van der Waals surface area (Å²) in [7, 11) is 1.78. The van der Waals surface area contributed by atoms with Gasteiger partial charge in [0.25, 0.3) is 0 Å². The molecule has 0 bridgehead atoms. The molecule has 0 spiro atoms. The number of rotatable bonds is 8. The first kappa shape index (κ1) is 12.0. The van der Waals surface area contributed by atoms with Crippen molar-refractivity contribution in [3.05, 3.63) is 0 Å². The highest BCUT2D eigenvalue weighted by Gasteiger charge is 2.22. The summed E-state index contributed by atoms with van der Waals surface area (Å²) < 4.78 is 5.06. The molecule has 0 radical (unpaired) electrons. The Bertz CT molecular complexity index is 145. The smallest absolute Gasteiger partial charge is 0.0462 e.